The van der Waals surface area contributed by atoms with Crippen LogP contribution in [0, 0.1) is 5.82 Å². The molecule has 2 amide bonds. The SMILES string of the molecule is COc1ccc2c(c1)C[C@@H](NC(=O)Nc1ccc(F)cc1)CO2. The van der Waals surface area contributed by atoms with E-state index >= 15 is 0 Å². The van der Waals surface area contributed by atoms with Gasteiger partial charge < -0.3 is 20.1 Å². The zero-order valence-corrected chi connectivity index (χ0v) is 12.6. The largest absolute Gasteiger partial charge is 0.497 e. The third kappa shape index (κ3) is 3.71. The van der Waals surface area contributed by atoms with Gasteiger partial charge >= 0.3 is 6.03 Å². The molecule has 1 heterocycles. The van der Waals surface area contributed by atoms with Crippen LogP contribution in [-0.2, 0) is 6.42 Å². The minimum atomic E-state index is -0.350. The molecule has 0 unspecified atom stereocenters. The van der Waals surface area contributed by atoms with Gasteiger partial charge in [0.25, 0.3) is 0 Å². The lowest BCUT2D eigenvalue weighted by Gasteiger charge is -2.26. The van der Waals surface area contributed by atoms with Crippen LogP contribution >= 0.6 is 0 Å². The summed E-state index contributed by atoms with van der Waals surface area (Å²) in [6.45, 7) is 0.399. The molecular formula is C17H17FN2O3. The standard InChI is InChI=1S/C17H17FN2O3/c1-22-15-6-7-16-11(9-15)8-14(10-23-16)20-17(21)19-13-4-2-12(18)3-5-13/h2-7,9,14H,8,10H2,1H3,(H2,19,20,21)/t14-/m1/s1. The zero-order valence-electron chi connectivity index (χ0n) is 12.6. The fraction of sp³-hybridized carbons (Fsp3) is 0.235. The fourth-order valence-corrected chi connectivity index (χ4v) is 2.48. The Bertz CT molecular complexity index is 703. The second-order valence-corrected chi connectivity index (χ2v) is 5.29. The normalized spacial score (nSPS) is 16.0. The molecular weight excluding hydrogens is 299 g/mol. The maximum atomic E-state index is 12.8. The number of rotatable bonds is 3. The molecule has 2 N–H and O–H groups in total. The third-order valence-corrected chi connectivity index (χ3v) is 3.61. The Morgan fingerprint density at radius 3 is 2.78 bits per heavy atom. The van der Waals surface area contributed by atoms with E-state index in [-0.39, 0.29) is 17.9 Å². The second-order valence-electron chi connectivity index (χ2n) is 5.29. The summed E-state index contributed by atoms with van der Waals surface area (Å²) < 4.78 is 23.7. The molecule has 0 fully saturated rings. The monoisotopic (exact) mass is 316 g/mol. The molecule has 2 aromatic carbocycles. The number of ether oxygens (including phenoxy) is 2. The van der Waals surface area contributed by atoms with Crippen LogP contribution in [0.25, 0.3) is 0 Å². The topological polar surface area (TPSA) is 59.6 Å². The maximum Gasteiger partial charge on any atom is 0.319 e. The predicted octanol–water partition coefficient (Wildman–Crippen LogP) is 2.96. The summed E-state index contributed by atoms with van der Waals surface area (Å²) >= 11 is 0. The molecule has 3 rings (SSSR count). The summed E-state index contributed by atoms with van der Waals surface area (Å²) in [5.74, 6) is 1.22. The van der Waals surface area contributed by atoms with Crippen molar-refractivity contribution in [2.24, 2.45) is 0 Å². The van der Waals surface area contributed by atoms with Crippen molar-refractivity contribution in [3.05, 3.63) is 53.8 Å². The van der Waals surface area contributed by atoms with Gasteiger partial charge in [0.1, 0.15) is 23.9 Å². The van der Waals surface area contributed by atoms with E-state index in [1.165, 1.54) is 24.3 Å². The highest BCUT2D eigenvalue weighted by Crippen LogP contribution is 2.28. The van der Waals surface area contributed by atoms with Crippen LogP contribution in [0.3, 0.4) is 0 Å². The van der Waals surface area contributed by atoms with Gasteiger partial charge in [0.15, 0.2) is 0 Å². The van der Waals surface area contributed by atoms with Gasteiger partial charge in [-0.05, 0) is 54.4 Å². The first kappa shape index (κ1) is 15.1. The van der Waals surface area contributed by atoms with Gasteiger partial charge in [-0.1, -0.05) is 0 Å². The van der Waals surface area contributed by atoms with E-state index in [1.807, 2.05) is 18.2 Å². The molecule has 0 aromatic heterocycles. The summed E-state index contributed by atoms with van der Waals surface area (Å²) in [5.41, 5.74) is 1.52. The zero-order chi connectivity index (χ0) is 16.2. The Labute approximate surface area is 133 Å². The van der Waals surface area contributed by atoms with Gasteiger partial charge in [-0.25, -0.2) is 9.18 Å². The van der Waals surface area contributed by atoms with Crippen molar-refractivity contribution in [1.29, 1.82) is 0 Å². The highest BCUT2D eigenvalue weighted by molar-refractivity contribution is 5.89. The molecule has 1 aliphatic rings. The quantitative estimate of drug-likeness (QED) is 0.915. The van der Waals surface area contributed by atoms with Gasteiger partial charge in [-0.3, -0.25) is 0 Å². The van der Waals surface area contributed by atoms with Crippen molar-refractivity contribution >= 4 is 11.7 Å². The number of halogens is 1. The number of carbonyl (C=O) groups is 1. The summed E-state index contributed by atoms with van der Waals surface area (Å²) in [6, 6.07) is 10.7. The second kappa shape index (κ2) is 6.56. The molecule has 2 aromatic rings. The number of urea groups is 1. The average Bonchev–Trinajstić information content (AvgIpc) is 2.56. The number of nitrogens with one attached hydrogen (secondary N) is 2. The van der Waals surface area contributed by atoms with Crippen LogP contribution in [0.1, 0.15) is 5.56 Å². The predicted molar refractivity (Wildman–Crippen MR) is 84.5 cm³/mol. The van der Waals surface area contributed by atoms with Crippen LogP contribution < -0.4 is 20.1 Å². The summed E-state index contributed by atoms with van der Waals surface area (Å²) in [5, 5.41) is 5.52. The van der Waals surface area contributed by atoms with Crippen molar-refractivity contribution in [3.63, 3.8) is 0 Å². The lowest BCUT2D eigenvalue weighted by Crippen LogP contribution is -2.44. The summed E-state index contributed by atoms with van der Waals surface area (Å²) in [6.07, 6.45) is 0.656. The molecule has 0 aliphatic carbocycles. The van der Waals surface area contributed by atoms with Gasteiger partial charge in [-0.2, -0.15) is 0 Å². The van der Waals surface area contributed by atoms with Gasteiger partial charge in [-0.15, -0.1) is 0 Å². The molecule has 0 saturated heterocycles. The lowest BCUT2D eigenvalue weighted by molar-refractivity contribution is 0.222. The van der Waals surface area contributed by atoms with Crippen LogP contribution in [0.2, 0.25) is 0 Å². The molecule has 0 saturated carbocycles. The Kier molecular flexibility index (Phi) is 4.32. The van der Waals surface area contributed by atoms with E-state index < -0.39 is 0 Å². The van der Waals surface area contributed by atoms with Gasteiger partial charge in [0.2, 0.25) is 0 Å². The van der Waals surface area contributed by atoms with E-state index in [9.17, 15) is 9.18 Å². The smallest absolute Gasteiger partial charge is 0.319 e. The Balaban J connectivity index is 1.60. The first-order chi connectivity index (χ1) is 11.1. The Hall–Kier alpha value is -2.76. The van der Waals surface area contributed by atoms with Crippen LogP contribution in [0.5, 0.6) is 11.5 Å². The minimum Gasteiger partial charge on any atom is -0.497 e. The minimum absolute atomic E-state index is 0.143. The van der Waals surface area contributed by atoms with Gasteiger partial charge in [0, 0.05) is 5.69 Å². The van der Waals surface area contributed by atoms with E-state index in [2.05, 4.69) is 10.6 Å². The highest BCUT2D eigenvalue weighted by Gasteiger charge is 2.22. The first-order valence-electron chi connectivity index (χ1n) is 7.27. The molecule has 120 valence electrons. The summed E-state index contributed by atoms with van der Waals surface area (Å²) in [7, 11) is 1.61. The van der Waals surface area contributed by atoms with E-state index in [1.54, 1.807) is 7.11 Å². The number of methoxy groups -OCH3 is 1. The van der Waals surface area contributed by atoms with Crippen LogP contribution in [-0.4, -0.2) is 25.8 Å². The molecule has 1 aliphatic heterocycles. The van der Waals surface area contributed by atoms with E-state index in [0.717, 1.165) is 17.1 Å². The fourth-order valence-electron chi connectivity index (χ4n) is 2.48. The van der Waals surface area contributed by atoms with Crippen molar-refractivity contribution < 1.29 is 18.7 Å². The number of fused-ring (bicyclic) bond motifs is 1. The number of anilines is 1. The van der Waals surface area contributed by atoms with Crippen LogP contribution in [0.4, 0.5) is 14.9 Å². The third-order valence-electron chi connectivity index (χ3n) is 3.61. The number of hydrogen-bond donors (Lipinski definition) is 2. The average molecular weight is 316 g/mol. The highest BCUT2D eigenvalue weighted by atomic mass is 19.1. The summed E-state index contributed by atoms with van der Waals surface area (Å²) in [4.78, 5) is 12.0. The van der Waals surface area contributed by atoms with E-state index in [4.69, 9.17) is 9.47 Å². The first-order valence-corrected chi connectivity index (χ1v) is 7.27. The van der Waals surface area contributed by atoms with Crippen molar-refractivity contribution in [2.45, 2.75) is 12.5 Å². The van der Waals surface area contributed by atoms with Crippen molar-refractivity contribution in [2.75, 3.05) is 19.0 Å². The molecule has 0 radical (unpaired) electrons. The molecule has 0 bridgehead atoms. The molecule has 0 spiro atoms. The lowest BCUT2D eigenvalue weighted by atomic mass is 10.0. The molecule has 6 heteroatoms. The maximum absolute atomic E-state index is 12.8. The Morgan fingerprint density at radius 2 is 2.04 bits per heavy atom. The molecule has 23 heavy (non-hydrogen) atoms. The van der Waals surface area contributed by atoms with Crippen LogP contribution in [0.15, 0.2) is 42.5 Å². The number of benzene rings is 2. The number of hydrogen-bond acceptors (Lipinski definition) is 3. The van der Waals surface area contributed by atoms with Crippen molar-refractivity contribution in [3.8, 4) is 11.5 Å². The molecule has 5 nitrogen and oxygen atoms in total. The van der Waals surface area contributed by atoms with Crippen molar-refractivity contribution in [1.82, 2.24) is 5.32 Å². The molecule has 1 atom stereocenters. The van der Waals surface area contributed by atoms with Gasteiger partial charge in [0.05, 0.1) is 13.2 Å². The van der Waals surface area contributed by atoms with E-state index in [0.29, 0.717) is 18.7 Å². The number of amides is 2. The Morgan fingerprint density at radius 1 is 1.26 bits per heavy atom. The number of carbonyl (C=O) groups excluding carboxylic acids is 1.